The van der Waals surface area contributed by atoms with Gasteiger partial charge < -0.3 is 0 Å². The van der Waals surface area contributed by atoms with Gasteiger partial charge in [-0.2, -0.15) is 0 Å². The second-order valence-electron chi connectivity index (χ2n) is 7.29. The second kappa shape index (κ2) is 6.87. The van der Waals surface area contributed by atoms with Crippen LogP contribution in [0, 0.1) is 24.7 Å². The lowest BCUT2D eigenvalue weighted by atomic mass is 9.87. The zero-order valence-corrected chi connectivity index (χ0v) is 15.9. The summed E-state index contributed by atoms with van der Waals surface area (Å²) in [6.45, 7) is 0. The van der Waals surface area contributed by atoms with E-state index in [4.69, 9.17) is 12.8 Å². The third-order valence-corrected chi connectivity index (χ3v) is 5.69. The van der Waals surface area contributed by atoms with Gasteiger partial charge in [0.25, 0.3) is 0 Å². The van der Waals surface area contributed by atoms with E-state index in [9.17, 15) is 0 Å². The molecule has 0 aliphatic heterocycles. The van der Waals surface area contributed by atoms with E-state index in [1.54, 1.807) is 0 Å². The molecule has 0 spiro atoms. The molecule has 4 aromatic rings. The summed E-state index contributed by atoms with van der Waals surface area (Å²) in [7, 11) is 0. The summed E-state index contributed by atoms with van der Waals surface area (Å²) < 4.78 is 0. The molecule has 134 valence electrons. The molecule has 0 heteroatoms. The number of benzene rings is 4. The van der Waals surface area contributed by atoms with Crippen molar-refractivity contribution in [2.75, 3.05) is 0 Å². The monoisotopic (exact) mass is 366 g/mol. The van der Waals surface area contributed by atoms with Gasteiger partial charge in [0.1, 0.15) is 0 Å². The Labute approximate surface area is 171 Å². The normalized spacial score (nSPS) is 11.2. The lowest BCUT2D eigenvalue weighted by Crippen LogP contribution is -1.93. The Kier molecular flexibility index (Phi) is 4.05. The third kappa shape index (κ3) is 2.84. The second-order valence-corrected chi connectivity index (χ2v) is 7.29. The van der Waals surface area contributed by atoms with E-state index in [1.807, 2.05) is 24.3 Å². The van der Waals surface area contributed by atoms with Crippen molar-refractivity contribution < 1.29 is 0 Å². The summed E-state index contributed by atoms with van der Waals surface area (Å²) >= 11 is 0. The number of fused-ring (bicyclic) bond motifs is 3. The quantitative estimate of drug-likeness (QED) is 0.311. The molecule has 0 saturated heterocycles. The maximum absolute atomic E-state index is 5.57. The molecule has 0 saturated carbocycles. The van der Waals surface area contributed by atoms with Gasteiger partial charge in [-0.05, 0) is 75.2 Å². The highest BCUT2D eigenvalue weighted by atomic mass is 14.3. The SMILES string of the molecule is C#Cc1ccc(-c2ccc3c(c2-c2ccc(C#C)cc2)Cc2ccccc2-3)cc1. The Hall–Kier alpha value is -4.00. The van der Waals surface area contributed by atoms with Gasteiger partial charge >= 0.3 is 0 Å². The molecule has 0 atom stereocenters. The summed E-state index contributed by atoms with van der Waals surface area (Å²) in [6.07, 6.45) is 12.1. The molecule has 0 aromatic heterocycles. The average Bonchev–Trinajstić information content (AvgIpc) is 3.17. The molecule has 0 radical (unpaired) electrons. The minimum Gasteiger partial charge on any atom is -0.115 e. The molecule has 4 aromatic carbocycles. The van der Waals surface area contributed by atoms with Crippen LogP contribution in [-0.2, 0) is 6.42 Å². The van der Waals surface area contributed by atoms with Crippen molar-refractivity contribution in [3.8, 4) is 58.1 Å². The first kappa shape index (κ1) is 17.1. The van der Waals surface area contributed by atoms with E-state index >= 15 is 0 Å². The van der Waals surface area contributed by atoms with Gasteiger partial charge in [-0.25, -0.2) is 0 Å². The first-order chi connectivity index (χ1) is 14.3. The Bertz CT molecular complexity index is 1300. The van der Waals surface area contributed by atoms with E-state index in [2.05, 4.69) is 72.5 Å². The molecule has 0 amide bonds. The van der Waals surface area contributed by atoms with Crippen LogP contribution in [-0.4, -0.2) is 0 Å². The Morgan fingerprint density at radius 3 is 1.79 bits per heavy atom. The highest BCUT2D eigenvalue weighted by Gasteiger charge is 2.24. The van der Waals surface area contributed by atoms with Gasteiger partial charge in [0.2, 0.25) is 0 Å². The molecular weight excluding hydrogens is 348 g/mol. The van der Waals surface area contributed by atoms with Crippen molar-refractivity contribution >= 4 is 0 Å². The molecule has 0 unspecified atom stereocenters. The lowest BCUT2D eigenvalue weighted by molar-refractivity contribution is 1.26. The van der Waals surface area contributed by atoms with Crippen LogP contribution in [0.1, 0.15) is 22.3 Å². The van der Waals surface area contributed by atoms with E-state index in [-0.39, 0.29) is 0 Å². The summed E-state index contributed by atoms with van der Waals surface area (Å²) in [6, 6.07) is 29.7. The van der Waals surface area contributed by atoms with E-state index in [1.165, 1.54) is 44.5 Å². The fourth-order valence-corrected chi connectivity index (χ4v) is 4.26. The topological polar surface area (TPSA) is 0 Å². The molecule has 0 nitrogen and oxygen atoms in total. The Balaban J connectivity index is 1.76. The van der Waals surface area contributed by atoms with Gasteiger partial charge in [-0.15, -0.1) is 12.8 Å². The number of hydrogen-bond donors (Lipinski definition) is 0. The molecule has 0 bridgehead atoms. The van der Waals surface area contributed by atoms with Crippen molar-refractivity contribution in [1.29, 1.82) is 0 Å². The van der Waals surface area contributed by atoms with Crippen LogP contribution in [0.2, 0.25) is 0 Å². The Morgan fingerprint density at radius 1 is 0.552 bits per heavy atom. The zero-order chi connectivity index (χ0) is 19.8. The maximum atomic E-state index is 5.57. The van der Waals surface area contributed by atoms with Gasteiger partial charge in [0.05, 0.1) is 0 Å². The van der Waals surface area contributed by atoms with E-state index < -0.39 is 0 Å². The molecule has 0 heterocycles. The minimum atomic E-state index is 0.891. The van der Waals surface area contributed by atoms with Crippen LogP contribution in [0.3, 0.4) is 0 Å². The zero-order valence-electron chi connectivity index (χ0n) is 15.9. The molecule has 29 heavy (non-hydrogen) atoms. The largest absolute Gasteiger partial charge is 0.115 e. The van der Waals surface area contributed by atoms with Gasteiger partial charge in [-0.3, -0.25) is 0 Å². The van der Waals surface area contributed by atoms with Crippen molar-refractivity contribution in [3.63, 3.8) is 0 Å². The number of terminal acetylenes is 2. The van der Waals surface area contributed by atoms with Crippen molar-refractivity contribution in [2.45, 2.75) is 6.42 Å². The summed E-state index contributed by atoms with van der Waals surface area (Å²) in [5.41, 5.74) is 12.0. The lowest BCUT2D eigenvalue weighted by Gasteiger charge is -2.16. The first-order valence-electron chi connectivity index (χ1n) is 9.67. The van der Waals surface area contributed by atoms with Crippen LogP contribution in [0.15, 0.2) is 84.9 Å². The van der Waals surface area contributed by atoms with Gasteiger partial charge in [0, 0.05) is 11.1 Å². The number of hydrogen-bond acceptors (Lipinski definition) is 0. The van der Waals surface area contributed by atoms with Crippen LogP contribution in [0.5, 0.6) is 0 Å². The summed E-state index contributed by atoms with van der Waals surface area (Å²) in [5.74, 6) is 5.41. The number of rotatable bonds is 2. The van der Waals surface area contributed by atoms with Crippen LogP contribution >= 0.6 is 0 Å². The molecule has 0 fully saturated rings. The highest BCUT2D eigenvalue weighted by Crippen LogP contribution is 2.45. The van der Waals surface area contributed by atoms with Crippen molar-refractivity contribution in [1.82, 2.24) is 0 Å². The molecule has 1 aliphatic rings. The molecule has 0 N–H and O–H groups in total. The predicted molar refractivity (Wildman–Crippen MR) is 121 cm³/mol. The third-order valence-electron chi connectivity index (χ3n) is 5.69. The van der Waals surface area contributed by atoms with Crippen LogP contribution in [0.4, 0.5) is 0 Å². The fraction of sp³-hybridized carbons (Fsp3) is 0.0345. The smallest absolute Gasteiger partial charge is 0.0243 e. The van der Waals surface area contributed by atoms with Crippen LogP contribution in [0.25, 0.3) is 33.4 Å². The molecule has 1 aliphatic carbocycles. The molecule has 5 rings (SSSR count). The summed E-state index contributed by atoms with van der Waals surface area (Å²) in [4.78, 5) is 0. The fourth-order valence-electron chi connectivity index (χ4n) is 4.26. The van der Waals surface area contributed by atoms with Gasteiger partial charge in [0.15, 0.2) is 0 Å². The standard InChI is InChI=1S/C29H18/c1-3-20-9-13-22(14-10-20)26-17-18-27-25-8-6-5-7-24(25)19-28(27)29(26)23-15-11-21(4-2)12-16-23/h1-2,5-18H,19H2. The van der Waals surface area contributed by atoms with Gasteiger partial charge in [-0.1, -0.05) is 72.5 Å². The predicted octanol–water partition coefficient (Wildman–Crippen LogP) is 6.55. The minimum absolute atomic E-state index is 0.891. The van der Waals surface area contributed by atoms with Crippen LogP contribution < -0.4 is 0 Å². The van der Waals surface area contributed by atoms with E-state index in [0.717, 1.165) is 17.5 Å². The average molecular weight is 366 g/mol. The summed E-state index contributed by atoms with van der Waals surface area (Å²) in [5, 5.41) is 0. The van der Waals surface area contributed by atoms with Crippen molar-refractivity contribution in [2.24, 2.45) is 0 Å². The van der Waals surface area contributed by atoms with E-state index in [0.29, 0.717) is 0 Å². The highest BCUT2D eigenvalue weighted by molar-refractivity contribution is 5.93. The van der Waals surface area contributed by atoms with Crippen molar-refractivity contribution in [3.05, 3.63) is 107 Å². The first-order valence-corrected chi connectivity index (χ1v) is 9.67. The maximum Gasteiger partial charge on any atom is 0.0243 e. The Morgan fingerprint density at radius 2 is 1.14 bits per heavy atom. The molecular formula is C29H18.